The first-order valence-electron chi connectivity index (χ1n) is 9.69. The van der Waals surface area contributed by atoms with Gasteiger partial charge in [-0.25, -0.2) is 0 Å². The average molecular weight is 339 g/mol. The Morgan fingerprint density at radius 2 is 1.08 bits per heavy atom. The van der Waals surface area contributed by atoms with Crippen molar-refractivity contribution in [3.8, 4) is 0 Å². The summed E-state index contributed by atoms with van der Waals surface area (Å²) in [7, 11) is 0. The van der Waals surface area contributed by atoms with Crippen molar-refractivity contribution in [2.24, 2.45) is 0 Å². The Morgan fingerprint density at radius 3 is 1.44 bits per heavy atom. The van der Waals surface area contributed by atoms with Gasteiger partial charge in [0.2, 0.25) is 0 Å². The van der Waals surface area contributed by atoms with Crippen LogP contribution in [0.1, 0.15) is 71.9 Å². The number of aryl methyl sites for hydroxylation is 2. The molecular formula is C24H34O. The molecule has 0 spiro atoms. The molecule has 0 aliphatic rings. The highest BCUT2D eigenvalue weighted by Gasteiger charge is 2.16. The second-order valence-corrected chi connectivity index (χ2v) is 7.33. The molecule has 2 aromatic rings. The maximum atomic E-state index is 6.24. The van der Waals surface area contributed by atoms with E-state index in [-0.39, 0.29) is 0 Å². The van der Waals surface area contributed by atoms with Crippen LogP contribution in [0.25, 0.3) is 0 Å². The number of ether oxygens (including phenoxy) is 1. The first-order valence-corrected chi connectivity index (χ1v) is 9.69. The van der Waals surface area contributed by atoms with E-state index in [2.05, 4.69) is 77.9 Å². The minimum absolute atomic E-state index is 0.482. The third-order valence-electron chi connectivity index (χ3n) is 5.80. The fourth-order valence-electron chi connectivity index (χ4n) is 3.64. The third-order valence-corrected chi connectivity index (χ3v) is 5.80. The molecule has 2 rings (SSSR count). The van der Waals surface area contributed by atoms with Crippen LogP contribution in [0.2, 0.25) is 0 Å². The van der Waals surface area contributed by atoms with Gasteiger partial charge in [0, 0.05) is 11.8 Å². The maximum absolute atomic E-state index is 6.24. The summed E-state index contributed by atoms with van der Waals surface area (Å²) in [5.41, 5.74) is 8.47. The van der Waals surface area contributed by atoms with E-state index in [0.29, 0.717) is 11.8 Å². The number of hydrogen-bond donors (Lipinski definition) is 0. The molecule has 0 saturated carbocycles. The molecule has 0 bridgehead atoms. The lowest BCUT2D eigenvalue weighted by atomic mass is 9.90. The molecule has 1 heteroatoms. The molecule has 0 aliphatic carbocycles. The van der Waals surface area contributed by atoms with Gasteiger partial charge in [-0.05, 0) is 73.9 Å². The van der Waals surface area contributed by atoms with Gasteiger partial charge in [-0.2, -0.15) is 0 Å². The lowest BCUT2D eigenvalue weighted by molar-refractivity contribution is 0.104. The van der Waals surface area contributed by atoms with Crippen LogP contribution < -0.4 is 0 Å². The van der Waals surface area contributed by atoms with Crippen LogP contribution in [0.3, 0.4) is 0 Å². The minimum atomic E-state index is 0.482. The lowest BCUT2D eigenvalue weighted by Gasteiger charge is -2.23. The van der Waals surface area contributed by atoms with Crippen LogP contribution in [-0.4, -0.2) is 13.2 Å². The predicted molar refractivity (Wildman–Crippen MR) is 109 cm³/mol. The van der Waals surface area contributed by atoms with Crippen LogP contribution in [-0.2, 0) is 4.74 Å². The molecule has 0 aliphatic heterocycles. The molecule has 0 heterocycles. The molecule has 0 N–H and O–H groups in total. The van der Waals surface area contributed by atoms with E-state index in [1.54, 1.807) is 0 Å². The largest absolute Gasteiger partial charge is 0.380 e. The summed E-state index contributed by atoms with van der Waals surface area (Å²) >= 11 is 0. The maximum Gasteiger partial charge on any atom is 0.0535 e. The van der Waals surface area contributed by atoms with Crippen molar-refractivity contribution in [1.29, 1.82) is 0 Å². The van der Waals surface area contributed by atoms with Gasteiger partial charge >= 0.3 is 0 Å². The topological polar surface area (TPSA) is 9.23 Å². The second kappa shape index (κ2) is 9.20. The van der Waals surface area contributed by atoms with Crippen LogP contribution >= 0.6 is 0 Å². The lowest BCUT2D eigenvalue weighted by Crippen LogP contribution is -2.14. The van der Waals surface area contributed by atoms with Gasteiger partial charge in [0.1, 0.15) is 0 Å². The molecule has 1 nitrogen and oxygen atoms in total. The monoisotopic (exact) mass is 338 g/mol. The van der Waals surface area contributed by atoms with Gasteiger partial charge in [-0.1, -0.05) is 50.2 Å². The molecule has 25 heavy (non-hydrogen) atoms. The second-order valence-electron chi connectivity index (χ2n) is 7.33. The smallest absolute Gasteiger partial charge is 0.0535 e. The van der Waals surface area contributed by atoms with Crippen LogP contribution in [0, 0.1) is 27.7 Å². The Morgan fingerprint density at radius 1 is 0.680 bits per heavy atom. The highest BCUT2D eigenvalue weighted by Crippen LogP contribution is 2.28. The molecule has 0 fully saturated rings. The Kier molecular flexibility index (Phi) is 7.25. The first kappa shape index (κ1) is 19.7. The molecule has 136 valence electrons. The van der Waals surface area contributed by atoms with E-state index >= 15 is 0 Å². The van der Waals surface area contributed by atoms with Crippen molar-refractivity contribution >= 4 is 0 Å². The van der Waals surface area contributed by atoms with Crippen molar-refractivity contribution in [1.82, 2.24) is 0 Å². The first-order chi connectivity index (χ1) is 12.0. The highest BCUT2D eigenvalue weighted by atomic mass is 16.5. The number of hydrogen-bond acceptors (Lipinski definition) is 1. The van der Waals surface area contributed by atoms with E-state index in [0.717, 1.165) is 26.1 Å². The zero-order valence-corrected chi connectivity index (χ0v) is 16.9. The summed E-state index contributed by atoms with van der Waals surface area (Å²) in [6.45, 7) is 15.0. The molecular weight excluding hydrogens is 304 g/mol. The van der Waals surface area contributed by atoms with E-state index < -0.39 is 0 Å². The summed E-state index contributed by atoms with van der Waals surface area (Å²) in [6.07, 6.45) is 2.23. The molecule has 0 amide bonds. The summed E-state index contributed by atoms with van der Waals surface area (Å²) < 4.78 is 6.24. The van der Waals surface area contributed by atoms with Gasteiger partial charge < -0.3 is 4.74 Å². The normalized spacial score (nSPS) is 13.7. The van der Waals surface area contributed by atoms with Crippen molar-refractivity contribution in [2.45, 2.75) is 66.2 Å². The molecule has 2 atom stereocenters. The number of benzene rings is 2. The standard InChI is InChI=1S/C24H34O/c1-7-21(23-13-9-11-17(3)19(23)5)15-25-16-22(8-2)24-14-10-12-18(4)20(24)6/h9-14,21-22H,7-8,15-16H2,1-6H3. The van der Waals surface area contributed by atoms with Gasteiger partial charge in [-0.3, -0.25) is 0 Å². The van der Waals surface area contributed by atoms with Crippen molar-refractivity contribution in [2.75, 3.05) is 13.2 Å². The van der Waals surface area contributed by atoms with Crippen LogP contribution in [0.4, 0.5) is 0 Å². The summed E-state index contributed by atoms with van der Waals surface area (Å²) in [4.78, 5) is 0. The predicted octanol–water partition coefficient (Wildman–Crippen LogP) is 6.62. The molecule has 2 unspecified atom stereocenters. The molecule has 0 aromatic heterocycles. The minimum Gasteiger partial charge on any atom is -0.380 e. The van der Waals surface area contributed by atoms with Crippen LogP contribution in [0.15, 0.2) is 36.4 Å². The van der Waals surface area contributed by atoms with Crippen molar-refractivity contribution < 1.29 is 4.74 Å². The van der Waals surface area contributed by atoms with Gasteiger partial charge in [0.05, 0.1) is 13.2 Å². The quantitative estimate of drug-likeness (QED) is 0.525. The van der Waals surface area contributed by atoms with Gasteiger partial charge in [-0.15, -0.1) is 0 Å². The molecule has 2 aromatic carbocycles. The Labute approximate surface area is 154 Å². The van der Waals surface area contributed by atoms with Crippen molar-refractivity contribution in [3.05, 3.63) is 69.8 Å². The SMILES string of the molecule is CCC(COCC(CC)c1cccc(C)c1C)c1cccc(C)c1C. The highest BCUT2D eigenvalue weighted by molar-refractivity contribution is 5.36. The van der Waals surface area contributed by atoms with E-state index in [9.17, 15) is 0 Å². The van der Waals surface area contributed by atoms with Gasteiger partial charge in [0.25, 0.3) is 0 Å². The number of rotatable bonds is 8. The Bertz CT molecular complexity index is 627. The fraction of sp³-hybridized carbons (Fsp3) is 0.500. The van der Waals surface area contributed by atoms with Gasteiger partial charge in [0.15, 0.2) is 0 Å². The molecule has 0 radical (unpaired) electrons. The van der Waals surface area contributed by atoms with Crippen LogP contribution in [0.5, 0.6) is 0 Å². The fourth-order valence-corrected chi connectivity index (χ4v) is 3.64. The summed E-state index contributed by atoms with van der Waals surface area (Å²) in [6, 6.07) is 13.3. The summed E-state index contributed by atoms with van der Waals surface area (Å²) in [5.74, 6) is 0.965. The Balaban J connectivity index is 2.04. The summed E-state index contributed by atoms with van der Waals surface area (Å²) in [5, 5.41) is 0. The van der Waals surface area contributed by atoms with E-state index in [1.165, 1.54) is 33.4 Å². The van der Waals surface area contributed by atoms with Crippen molar-refractivity contribution in [3.63, 3.8) is 0 Å². The zero-order valence-electron chi connectivity index (χ0n) is 16.9. The third kappa shape index (κ3) is 4.73. The molecule has 0 saturated heterocycles. The zero-order chi connectivity index (χ0) is 18.4. The Hall–Kier alpha value is -1.60. The van der Waals surface area contributed by atoms with E-state index in [1.807, 2.05) is 0 Å². The van der Waals surface area contributed by atoms with E-state index in [4.69, 9.17) is 4.74 Å². The average Bonchev–Trinajstić information content (AvgIpc) is 2.61.